The van der Waals surface area contributed by atoms with E-state index in [4.69, 9.17) is 4.74 Å². The first-order valence-corrected chi connectivity index (χ1v) is 11.5. The highest BCUT2D eigenvalue weighted by atomic mass is 32.2. The van der Waals surface area contributed by atoms with Crippen LogP contribution in [0.1, 0.15) is 37.4 Å². The number of fused-ring (bicyclic) bond motifs is 1. The van der Waals surface area contributed by atoms with Gasteiger partial charge in [0, 0.05) is 0 Å². The SMILES string of the molecule is CC(C)[C@H](NC(=O)OCc1ccccc1)C(=O)NC1CCS(=O)(=O)c2ccccc21. The molecule has 0 aromatic heterocycles. The van der Waals surface area contributed by atoms with Crippen molar-refractivity contribution in [3.63, 3.8) is 0 Å². The van der Waals surface area contributed by atoms with E-state index in [9.17, 15) is 18.0 Å². The second kappa shape index (κ2) is 9.30. The Morgan fingerprint density at radius 2 is 1.73 bits per heavy atom. The zero-order chi connectivity index (χ0) is 21.7. The molecule has 30 heavy (non-hydrogen) atoms. The normalized spacial score (nSPS) is 18.2. The van der Waals surface area contributed by atoms with Crippen LogP contribution in [0.3, 0.4) is 0 Å². The van der Waals surface area contributed by atoms with Crippen molar-refractivity contribution < 1.29 is 22.7 Å². The Hall–Kier alpha value is -2.87. The Labute approximate surface area is 176 Å². The molecule has 1 aliphatic heterocycles. The molecule has 8 heteroatoms. The van der Waals surface area contributed by atoms with Crippen molar-refractivity contribution in [3.05, 3.63) is 65.7 Å². The number of carbonyl (C=O) groups is 2. The average Bonchev–Trinajstić information content (AvgIpc) is 2.73. The third-order valence-electron chi connectivity index (χ3n) is 5.06. The molecule has 0 bridgehead atoms. The molecule has 2 amide bonds. The Balaban J connectivity index is 1.65. The van der Waals surface area contributed by atoms with Gasteiger partial charge in [-0.15, -0.1) is 0 Å². The molecule has 1 aliphatic rings. The van der Waals surface area contributed by atoms with Crippen molar-refractivity contribution in [3.8, 4) is 0 Å². The molecular formula is C22H26N2O5S. The van der Waals surface area contributed by atoms with Crippen molar-refractivity contribution in [2.45, 2.75) is 43.9 Å². The average molecular weight is 431 g/mol. The summed E-state index contributed by atoms with van der Waals surface area (Å²) >= 11 is 0. The fourth-order valence-corrected chi connectivity index (χ4v) is 5.05. The van der Waals surface area contributed by atoms with Gasteiger partial charge in [-0.05, 0) is 29.5 Å². The van der Waals surface area contributed by atoms with E-state index in [-0.39, 0.29) is 35.5 Å². The standard InChI is InChI=1S/C22H26N2O5S/c1-15(2)20(24-22(26)29-14-16-8-4-3-5-9-16)21(25)23-18-12-13-30(27,28)19-11-7-6-10-17(18)19/h3-11,15,18,20H,12-14H2,1-2H3,(H,23,25)(H,24,26)/t18?,20-/m0/s1. The summed E-state index contributed by atoms with van der Waals surface area (Å²) in [5.74, 6) is -0.592. The summed E-state index contributed by atoms with van der Waals surface area (Å²) in [6, 6.07) is 14.7. The van der Waals surface area contributed by atoms with Gasteiger partial charge >= 0.3 is 6.09 Å². The third-order valence-corrected chi connectivity index (χ3v) is 6.87. The van der Waals surface area contributed by atoms with Gasteiger partial charge in [0.1, 0.15) is 12.6 Å². The molecule has 0 fully saturated rings. The monoisotopic (exact) mass is 430 g/mol. The zero-order valence-electron chi connectivity index (χ0n) is 17.0. The first-order valence-electron chi connectivity index (χ1n) is 9.87. The number of amides is 2. The molecule has 2 atom stereocenters. The molecule has 1 unspecified atom stereocenters. The van der Waals surface area contributed by atoms with Crippen LogP contribution in [-0.4, -0.2) is 32.2 Å². The second-order valence-corrected chi connectivity index (χ2v) is 9.71. The summed E-state index contributed by atoms with van der Waals surface area (Å²) in [5, 5.41) is 5.52. The molecular weight excluding hydrogens is 404 g/mol. The third kappa shape index (κ3) is 5.18. The Bertz CT molecular complexity index is 1010. The van der Waals surface area contributed by atoms with Crippen molar-refractivity contribution in [1.82, 2.24) is 10.6 Å². The van der Waals surface area contributed by atoms with Gasteiger partial charge in [-0.25, -0.2) is 13.2 Å². The number of rotatable bonds is 6. The number of alkyl carbamates (subject to hydrolysis) is 1. The molecule has 0 spiro atoms. The quantitative estimate of drug-likeness (QED) is 0.734. The van der Waals surface area contributed by atoms with E-state index in [0.29, 0.717) is 5.56 Å². The number of carbonyl (C=O) groups excluding carboxylic acids is 2. The largest absolute Gasteiger partial charge is 0.445 e. The van der Waals surface area contributed by atoms with Crippen LogP contribution in [0.4, 0.5) is 4.79 Å². The molecule has 7 nitrogen and oxygen atoms in total. The lowest BCUT2D eigenvalue weighted by Crippen LogP contribution is -2.51. The van der Waals surface area contributed by atoms with E-state index in [1.807, 2.05) is 44.2 Å². The highest BCUT2D eigenvalue weighted by molar-refractivity contribution is 7.91. The molecule has 0 saturated carbocycles. The van der Waals surface area contributed by atoms with Gasteiger partial charge in [0.2, 0.25) is 5.91 Å². The number of nitrogens with one attached hydrogen (secondary N) is 2. The first kappa shape index (κ1) is 21.8. The number of hydrogen-bond acceptors (Lipinski definition) is 5. The summed E-state index contributed by atoms with van der Waals surface area (Å²) in [7, 11) is -3.34. The topological polar surface area (TPSA) is 102 Å². The molecule has 0 radical (unpaired) electrons. The van der Waals surface area contributed by atoms with E-state index in [1.165, 1.54) is 0 Å². The second-order valence-electron chi connectivity index (χ2n) is 7.63. The van der Waals surface area contributed by atoms with Crippen LogP contribution in [-0.2, 0) is 26.0 Å². The summed E-state index contributed by atoms with van der Waals surface area (Å²) in [4.78, 5) is 25.4. The Morgan fingerprint density at radius 1 is 1.07 bits per heavy atom. The van der Waals surface area contributed by atoms with Gasteiger partial charge < -0.3 is 15.4 Å². The summed E-state index contributed by atoms with van der Waals surface area (Å²) in [6.45, 7) is 3.75. The zero-order valence-corrected chi connectivity index (χ0v) is 17.8. The van der Waals surface area contributed by atoms with Crippen LogP contribution in [0.15, 0.2) is 59.5 Å². The van der Waals surface area contributed by atoms with Gasteiger partial charge in [0.15, 0.2) is 9.84 Å². The van der Waals surface area contributed by atoms with Gasteiger partial charge in [-0.2, -0.15) is 0 Å². The van der Waals surface area contributed by atoms with Crippen LogP contribution in [0.2, 0.25) is 0 Å². The van der Waals surface area contributed by atoms with Gasteiger partial charge in [0.05, 0.1) is 16.7 Å². The molecule has 160 valence electrons. The fourth-order valence-electron chi connectivity index (χ4n) is 3.43. The molecule has 3 rings (SSSR count). The number of ether oxygens (including phenoxy) is 1. The first-order chi connectivity index (χ1) is 14.3. The molecule has 1 heterocycles. The van der Waals surface area contributed by atoms with Crippen LogP contribution in [0, 0.1) is 5.92 Å². The van der Waals surface area contributed by atoms with E-state index in [2.05, 4.69) is 10.6 Å². The summed E-state index contributed by atoms with van der Waals surface area (Å²) < 4.78 is 29.8. The van der Waals surface area contributed by atoms with Gasteiger partial charge in [0.25, 0.3) is 0 Å². The van der Waals surface area contributed by atoms with E-state index in [1.54, 1.807) is 24.3 Å². The predicted octanol–water partition coefficient (Wildman–Crippen LogP) is 2.97. The van der Waals surface area contributed by atoms with Crippen LogP contribution >= 0.6 is 0 Å². The fraction of sp³-hybridized carbons (Fsp3) is 0.364. The van der Waals surface area contributed by atoms with E-state index < -0.39 is 28.0 Å². The minimum atomic E-state index is -3.34. The predicted molar refractivity (Wildman–Crippen MR) is 112 cm³/mol. The smallest absolute Gasteiger partial charge is 0.408 e. The molecule has 0 saturated heterocycles. The summed E-state index contributed by atoms with van der Waals surface area (Å²) in [5.41, 5.74) is 1.42. The highest BCUT2D eigenvalue weighted by Crippen LogP contribution is 2.32. The highest BCUT2D eigenvalue weighted by Gasteiger charge is 2.33. The van der Waals surface area contributed by atoms with Crippen molar-refractivity contribution in [2.24, 2.45) is 5.92 Å². The molecule has 2 aromatic rings. The lowest BCUT2D eigenvalue weighted by molar-refractivity contribution is -0.124. The molecule has 2 aromatic carbocycles. The van der Waals surface area contributed by atoms with E-state index >= 15 is 0 Å². The van der Waals surface area contributed by atoms with Crippen molar-refractivity contribution in [2.75, 3.05) is 5.75 Å². The minimum absolute atomic E-state index is 0.0339. The van der Waals surface area contributed by atoms with Gasteiger partial charge in [-0.1, -0.05) is 62.4 Å². The maximum absolute atomic E-state index is 12.9. The number of hydrogen-bond donors (Lipinski definition) is 2. The van der Waals surface area contributed by atoms with Crippen molar-refractivity contribution in [1.29, 1.82) is 0 Å². The Morgan fingerprint density at radius 3 is 2.43 bits per heavy atom. The summed E-state index contributed by atoms with van der Waals surface area (Å²) in [6.07, 6.45) is -0.395. The van der Waals surface area contributed by atoms with Crippen LogP contribution < -0.4 is 10.6 Å². The maximum atomic E-state index is 12.9. The van der Waals surface area contributed by atoms with Crippen molar-refractivity contribution >= 4 is 21.8 Å². The lowest BCUT2D eigenvalue weighted by Gasteiger charge is -2.29. The lowest BCUT2D eigenvalue weighted by atomic mass is 10.00. The van der Waals surface area contributed by atoms with Crippen LogP contribution in [0.5, 0.6) is 0 Å². The van der Waals surface area contributed by atoms with Crippen LogP contribution in [0.25, 0.3) is 0 Å². The molecule has 2 N–H and O–H groups in total. The number of benzene rings is 2. The minimum Gasteiger partial charge on any atom is -0.445 e. The van der Waals surface area contributed by atoms with E-state index in [0.717, 1.165) is 5.56 Å². The molecule has 0 aliphatic carbocycles. The van der Waals surface area contributed by atoms with Gasteiger partial charge in [-0.3, -0.25) is 4.79 Å². The Kier molecular flexibility index (Phi) is 6.77. The maximum Gasteiger partial charge on any atom is 0.408 e. The number of sulfone groups is 1.